The van der Waals surface area contributed by atoms with Gasteiger partial charge in [-0.05, 0) is 71.3 Å². The fourth-order valence-corrected chi connectivity index (χ4v) is 5.14. The summed E-state index contributed by atoms with van der Waals surface area (Å²) in [6.45, 7) is 1.84. The van der Waals surface area contributed by atoms with Gasteiger partial charge in [0.1, 0.15) is 11.5 Å². The van der Waals surface area contributed by atoms with Crippen LogP contribution in [0.2, 0.25) is 0 Å². The Kier molecular flexibility index (Phi) is 5.83. The standard InChI is InChI=1S/C23H19NO4S2/c1-14(16-3-4-18-12-20(27-2)10-7-17(18)11-16)23(25)28-19-8-5-15(6-9-19)21-13-22(24-26)30-29-21/h3-14,26H,1-2H3/b24-22-. The van der Waals surface area contributed by atoms with Crippen LogP contribution in [0.15, 0.2) is 71.9 Å². The van der Waals surface area contributed by atoms with Crippen LogP contribution in [-0.2, 0) is 4.79 Å². The molecule has 1 unspecified atom stereocenters. The van der Waals surface area contributed by atoms with Crippen molar-refractivity contribution in [2.75, 3.05) is 7.11 Å². The molecule has 1 heterocycles. The van der Waals surface area contributed by atoms with Gasteiger partial charge in [-0.1, -0.05) is 50.1 Å². The van der Waals surface area contributed by atoms with Crippen LogP contribution < -0.4 is 14.1 Å². The lowest BCUT2D eigenvalue weighted by atomic mass is 9.98. The van der Waals surface area contributed by atoms with E-state index in [9.17, 15) is 4.79 Å². The molecule has 0 saturated heterocycles. The van der Waals surface area contributed by atoms with Gasteiger partial charge in [0.15, 0.2) is 4.67 Å². The highest BCUT2D eigenvalue weighted by molar-refractivity contribution is 7.69. The van der Waals surface area contributed by atoms with E-state index in [-0.39, 0.29) is 5.97 Å². The molecule has 0 aliphatic carbocycles. The van der Waals surface area contributed by atoms with Gasteiger partial charge in [-0.15, -0.1) is 0 Å². The Morgan fingerprint density at radius 1 is 0.933 bits per heavy atom. The Bertz CT molecular complexity index is 1260. The molecule has 7 heteroatoms. The van der Waals surface area contributed by atoms with Gasteiger partial charge in [0.2, 0.25) is 0 Å². The second kappa shape index (κ2) is 8.69. The number of rotatable bonds is 5. The van der Waals surface area contributed by atoms with Gasteiger partial charge >= 0.3 is 5.97 Å². The monoisotopic (exact) mass is 437 g/mol. The summed E-state index contributed by atoms with van der Waals surface area (Å²) in [7, 11) is 4.56. The number of hydrogen-bond donors (Lipinski definition) is 1. The SMILES string of the molecule is COc1ccc2cc(C(C)C(=O)Oc3ccc(-c4c/c(=N/O)ss4)cc3)ccc2c1. The molecule has 0 amide bonds. The highest BCUT2D eigenvalue weighted by atomic mass is 32.9. The molecule has 0 bridgehead atoms. The highest BCUT2D eigenvalue weighted by Crippen LogP contribution is 2.29. The largest absolute Gasteiger partial charge is 0.497 e. The molecule has 4 aromatic rings. The number of carbonyl (C=O) groups is 1. The van der Waals surface area contributed by atoms with E-state index < -0.39 is 5.92 Å². The normalized spacial score (nSPS) is 12.7. The Morgan fingerprint density at radius 2 is 1.63 bits per heavy atom. The van der Waals surface area contributed by atoms with Crippen LogP contribution >= 0.6 is 20.7 Å². The van der Waals surface area contributed by atoms with Crippen LogP contribution in [0.1, 0.15) is 18.4 Å². The first-order valence-corrected chi connectivity index (χ1v) is 11.4. The third-order valence-corrected chi connectivity index (χ3v) is 7.14. The van der Waals surface area contributed by atoms with Crippen molar-refractivity contribution in [3.63, 3.8) is 0 Å². The van der Waals surface area contributed by atoms with Crippen molar-refractivity contribution in [2.45, 2.75) is 12.8 Å². The molecular formula is C23H19NO4S2. The summed E-state index contributed by atoms with van der Waals surface area (Å²) >= 11 is 0. The van der Waals surface area contributed by atoms with Gasteiger partial charge in [-0.25, -0.2) is 0 Å². The van der Waals surface area contributed by atoms with Crippen molar-refractivity contribution in [2.24, 2.45) is 5.16 Å². The third kappa shape index (κ3) is 4.22. The van der Waals surface area contributed by atoms with E-state index in [0.29, 0.717) is 10.4 Å². The topological polar surface area (TPSA) is 68.1 Å². The first-order chi connectivity index (χ1) is 14.6. The van der Waals surface area contributed by atoms with E-state index in [1.807, 2.05) is 61.5 Å². The van der Waals surface area contributed by atoms with Gasteiger partial charge in [0.05, 0.1) is 13.0 Å². The first kappa shape index (κ1) is 20.1. The molecule has 1 aromatic heterocycles. The lowest BCUT2D eigenvalue weighted by molar-refractivity contribution is -0.135. The molecule has 4 rings (SSSR count). The van der Waals surface area contributed by atoms with Crippen molar-refractivity contribution >= 4 is 37.4 Å². The fourth-order valence-electron chi connectivity index (χ4n) is 3.09. The zero-order valence-electron chi connectivity index (χ0n) is 16.4. The highest BCUT2D eigenvalue weighted by Gasteiger charge is 2.18. The number of methoxy groups -OCH3 is 1. The zero-order valence-corrected chi connectivity index (χ0v) is 18.0. The van der Waals surface area contributed by atoms with Crippen molar-refractivity contribution in [3.05, 3.63) is 77.0 Å². The van der Waals surface area contributed by atoms with Crippen LogP contribution in [0, 0.1) is 0 Å². The number of esters is 1. The van der Waals surface area contributed by atoms with Crippen LogP contribution in [0.5, 0.6) is 11.5 Å². The molecule has 1 atom stereocenters. The number of fused-ring (bicyclic) bond motifs is 1. The van der Waals surface area contributed by atoms with E-state index in [0.717, 1.165) is 32.5 Å². The second-order valence-corrected chi connectivity index (χ2v) is 8.94. The van der Waals surface area contributed by atoms with Gasteiger partial charge < -0.3 is 14.7 Å². The van der Waals surface area contributed by atoms with Crippen LogP contribution in [0.4, 0.5) is 0 Å². The maximum Gasteiger partial charge on any atom is 0.318 e. The first-order valence-electron chi connectivity index (χ1n) is 9.25. The third-order valence-electron chi connectivity index (χ3n) is 4.85. The van der Waals surface area contributed by atoms with Crippen molar-refractivity contribution in [3.8, 4) is 21.9 Å². The van der Waals surface area contributed by atoms with Crippen molar-refractivity contribution < 1.29 is 19.5 Å². The lowest BCUT2D eigenvalue weighted by Gasteiger charge is -2.13. The van der Waals surface area contributed by atoms with Gasteiger partial charge in [-0.2, -0.15) is 0 Å². The van der Waals surface area contributed by atoms with E-state index in [1.165, 1.54) is 20.7 Å². The smallest absolute Gasteiger partial charge is 0.318 e. The fraction of sp³-hybridized carbons (Fsp3) is 0.130. The molecule has 3 aromatic carbocycles. The summed E-state index contributed by atoms with van der Waals surface area (Å²) in [5, 5.41) is 14.2. The Balaban J connectivity index is 1.48. The molecule has 1 N–H and O–H groups in total. The van der Waals surface area contributed by atoms with Crippen LogP contribution in [0.3, 0.4) is 0 Å². The number of carbonyl (C=O) groups excluding carboxylic acids is 1. The molecule has 0 radical (unpaired) electrons. The Hall–Kier alpha value is -3.16. The molecule has 0 spiro atoms. The molecule has 5 nitrogen and oxygen atoms in total. The molecule has 30 heavy (non-hydrogen) atoms. The summed E-state index contributed by atoms with van der Waals surface area (Å²) in [5.41, 5.74) is 1.87. The average molecular weight is 438 g/mol. The lowest BCUT2D eigenvalue weighted by Crippen LogP contribution is -2.16. The maximum absolute atomic E-state index is 12.7. The number of benzene rings is 3. The van der Waals surface area contributed by atoms with Crippen molar-refractivity contribution in [1.82, 2.24) is 0 Å². The maximum atomic E-state index is 12.7. The van der Waals surface area contributed by atoms with Crippen LogP contribution in [0.25, 0.3) is 21.2 Å². The molecule has 0 fully saturated rings. The molecule has 152 valence electrons. The second-order valence-electron chi connectivity index (χ2n) is 6.75. The Labute approximate surface area is 180 Å². The molecule has 0 aliphatic rings. The summed E-state index contributed by atoms with van der Waals surface area (Å²) in [6.07, 6.45) is 0. The van der Waals surface area contributed by atoms with Crippen molar-refractivity contribution in [1.29, 1.82) is 0 Å². The minimum atomic E-state index is -0.399. The summed E-state index contributed by atoms with van der Waals surface area (Å²) < 4.78 is 11.4. The summed E-state index contributed by atoms with van der Waals surface area (Å²) in [6, 6.07) is 20.9. The predicted octanol–water partition coefficient (Wildman–Crippen LogP) is 5.64. The minimum Gasteiger partial charge on any atom is -0.497 e. The predicted molar refractivity (Wildman–Crippen MR) is 120 cm³/mol. The van der Waals surface area contributed by atoms with Crippen LogP contribution in [-0.4, -0.2) is 18.3 Å². The minimum absolute atomic E-state index is 0.310. The number of nitrogens with zero attached hydrogens (tertiary/aromatic N) is 1. The van der Waals surface area contributed by atoms with E-state index in [4.69, 9.17) is 14.7 Å². The van der Waals surface area contributed by atoms with E-state index in [2.05, 4.69) is 5.16 Å². The summed E-state index contributed by atoms with van der Waals surface area (Å²) in [5.74, 6) is 0.587. The summed E-state index contributed by atoms with van der Waals surface area (Å²) in [4.78, 5) is 13.7. The quantitative estimate of drug-likeness (QED) is 0.144. The zero-order chi connectivity index (χ0) is 21.1. The molecule has 0 aliphatic heterocycles. The average Bonchev–Trinajstić information content (AvgIpc) is 3.27. The molecular weight excluding hydrogens is 418 g/mol. The Morgan fingerprint density at radius 3 is 2.33 bits per heavy atom. The number of hydrogen-bond acceptors (Lipinski definition) is 7. The number of ether oxygens (including phenoxy) is 2. The van der Waals surface area contributed by atoms with E-state index in [1.54, 1.807) is 19.2 Å². The van der Waals surface area contributed by atoms with Gasteiger partial charge in [0, 0.05) is 4.88 Å². The van der Waals surface area contributed by atoms with Gasteiger partial charge in [-0.3, -0.25) is 4.79 Å². The van der Waals surface area contributed by atoms with E-state index >= 15 is 0 Å². The van der Waals surface area contributed by atoms with Gasteiger partial charge in [0.25, 0.3) is 0 Å². The molecule has 0 saturated carbocycles.